The van der Waals surface area contributed by atoms with Crippen molar-refractivity contribution < 1.29 is 18.4 Å². The van der Waals surface area contributed by atoms with Gasteiger partial charge in [-0.15, -0.1) is 0 Å². The molecule has 178 valence electrons. The highest BCUT2D eigenvalue weighted by molar-refractivity contribution is 7.91. The van der Waals surface area contributed by atoms with Gasteiger partial charge in [0.25, 0.3) is 5.91 Å². The van der Waals surface area contributed by atoms with Crippen LogP contribution >= 0.6 is 0 Å². The van der Waals surface area contributed by atoms with E-state index in [-0.39, 0.29) is 22.5 Å². The Balaban J connectivity index is 1.52. The molecule has 3 aromatic rings. The van der Waals surface area contributed by atoms with Crippen LogP contribution in [0.3, 0.4) is 0 Å². The first-order valence-electron chi connectivity index (χ1n) is 11.2. The van der Waals surface area contributed by atoms with Crippen LogP contribution in [-0.4, -0.2) is 38.0 Å². The van der Waals surface area contributed by atoms with Crippen molar-refractivity contribution in [2.45, 2.75) is 31.3 Å². The van der Waals surface area contributed by atoms with Gasteiger partial charge >= 0.3 is 0 Å². The third-order valence-electron chi connectivity index (χ3n) is 6.14. The largest absolute Gasteiger partial charge is 0.349 e. The van der Waals surface area contributed by atoms with Crippen molar-refractivity contribution in [1.82, 2.24) is 10.8 Å². The Bertz CT molecular complexity index is 1270. The number of para-hydroxylation sites is 1. The number of sulfone groups is 1. The second-order valence-corrected chi connectivity index (χ2v) is 10.9. The second-order valence-electron chi connectivity index (χ2n) is 8.86. The molecule has 1 amide bonds. The smallest absolute Gasteiger partial charge is 0.254 e. The van der Waals surface area contributed by atoms with Crippen molar-refractivity contribution in [3.05, 3.63) is 83.9 Å². The van der Waals surface area contributed by atoms with E-state index in [0.29, 0.717) is 18.8 Å². The number of carbonyl (C=O) groups is 1. The SMILES string of the molecule is CC(C)C(CS(=O)(=O)c1ccc(-c2cccc(CN3CNC(=O)c4ccccc43)c2)cc1)NO. The van der Waals surface area contributed by atoms with E-state index in [1.807, 2.05) is 56.3 Å². The Morgan fingerprint density at radius 1 is 1.00 bits per heavy atom. The third kappa shape index (κ3) is 5.14. The highest BCUT2D eigenvalue weighted by Crippen LogP contribution is 2.27. The maximum absolute atomic E-state index is 12.8. The number of hydrogen-bond acceptors (Lipinski definition) is 6. The molecule has 1 aliphatic rings. The molecule has 8 heteroatoms. The first-order valence-corrected chi connectivity index (χ1v) is 12.9. The minimum Gasteiger partial charge on any atom is -0.349 e. The van der Waals surface area contributed by atoms with E-state index in [1.165, 1.54) is 0 Å². The van der Waals surface area contributed by atoms with Crippen LogP contribution in [0.25, 0.3) is 11.1 Å². The van der Waals surface area contributed by atoms with E-state index >= 15 is 0 Å². The van der Waals surface area contributed by atoms with E-state index in [4.69, 9.17) is 0 Å². The molecule has 34 heavy (non-hydrogen) atoms. The number of rotatable bonds is 8. The molecule has 0 bridgehead atoms. The lowest BCUT2D eigenvalue weighted by molar-refractivity contribution is 0.0947. The first-order chi connectivity index (χ1) is 16.3. The molecule has 7 nitrogen and oxygen atoms in total. The summed E-state index contributed by atoms with van der Waals surface area (Å²) < 4.78 is 25.5. The van der Waals surface area contributed by atoms with E-state index in [1.54, 1.807) is 24.3 Å². The normalized spacial score (nSPS) is 14.6. The van der Waals surface area contributed by atoms with Gasteiger partial charge in [-0.2, -0.15) is 0 Å². The number of hydroxylamine groups is 1. The molecule has 1 unspecified atom stereocenters. The molecule has 0 saturated heterocycles. The van der Waals surface area contributed by atoms with E-state index in [2.05, 4.69) is 21.8 Å². The summed E-state index contributed by atoms with van der Waals surface area (Å²) in [4.78, 5) is 14.5. The molecule has 1 heterocycles. The second kappa shape index (κ2) is 9.97. The first kappa shape index (κ1) is 23.9. The molecule has 0 spiro atoms. The minimum atomic E-state index is -3.54. The Labute approximate surface area is 200 Å². The summed E-state index contributed by atoms with van der Waals surface area (Å²) in [5.41, 5.74) is 6.65. The fourth-order valence-corrected chi connectivity index (χ4v) is 5.74. The van der Waals surface area contributed by atoms with Crippen LogP contribution in [0.1, 0.15) is 29.8 Å². The van der Waals surface area contributed by atoms with Gasteiger partial charge < -0.3 is 15.4 Å². The zero-order valence-corrected chi connectivity index (χ0v) is 20.0. The quantitative estimate of drug-likeness (QED) is 0.425. The van der Waals surface area contributed by atoms with Crippen molar-refractivity contribution in [3.63, 3.8) is 0 Å². The molecule has 0 fully saturated rings. The van der Waals surface area contributed by atoms with Crippen molar-refractivity contribution in [2.75, 3.05) is 17.3 Å². The number of nitrogens with zero attached hydrogens (tertiary/aromatic N) is 1. The van der Waals surface area contributed by atoms with Gasteiger partial charge in [-0.1, -0.05) is 56.3 Å². The Kier molecular flexibility index (Phi) is 7.02. The third-order valence-corrected chi connectivity index (χ3v) is 7.92. The van der Waals surface area contributed by atoms with Gasteiger partial charge in [-0.25, -0.2) is 13.9 Å². The maximum atomic E-state index is 12.8. The highest BCUT2D eigenvalue weighted by Gasteiger charge is 2.24. The molecule has 0 aromatic heterocycles. The number of fused-ring (bicyclic) bond motifs is 1. The summed E-state index contributed by atoms with van der Waals surface area (Å²) in [6, 6.07) is 21.9. The summed E-state index contributed by atoms with van der Waals surface area (Å²) in [7, 11) is -3.54. The van der Waals surface area contributed by atoms with Gasteiger partial charge in [0.05, 0.1) is 28.6 Å². The summed E-state index contributed by atoms with van der Waals surface area (Å²) in [6.07, 6.45) is 0. The average Bonchev–Trinajstić information content (AvgIpc) is 2.84. The molecular weight excluding hydrogens is 450 g/mol. The summed E-state index contributed by atoms with van der Waals surface area (Å²) in [5, 5.41) is 12.2. The van der Waals surface area contributed by atoms with Crippen LogP contribution in [0, 0.1) is 5.92 Å². The molecule has 3 aromatic carbocycles. The topological polar surface area (TPSA) is 98.7 Å². The summed E-state index contributed by atoms with van der Waals surface area (Å²) in [5.74, 6) is -0.267. The average molecular weight is 480 g/mol. The highest BCUT2D eigenvalue weighted by atomic mass is 32.2. The van der Waals surface area contributed by atoms with Gasteiger partial charge in [0.1, 0.15) is 0 Å². The molecule has 3 N–H and O–H groups in total. The molecule has 0 saturated carbocycles. The van der Waals surface area contributed by atoms with Crippen LogP contribution in [0.4, 0.5) is 5.69 Å². The Hall–Kier alpha value is -3.20. The number of nitrogens with one attached hydrogen (secondary N) is 2. The lowest BCUT2D eigenvalue weighted by Gasteiger charge is -2.31. The van der Waals surface area contributed by atoms with Gasteiger partial charge in [0.2, 0.25) is 0 Å². The van der Waals surface area contributed by atoms with Crippen LogP contribution in [0.2, 0.25) is 0 Å². The maximum Gasteiger partial charge on any atom is 0.254 e. The zero-order valence-electron chi connectivity index (χ0n) is 19.2. The van der Waals surface area contributed by atoms with Gasteiger partial charge in [0.15, 0.2) is 9.84 Å². The predicted molar refractivity (Wildman–Crippen MR) is 132 cm³/mol. The van der Waals surface area contributed by atoms with Crippen molar-refractivity contribution in [2.24, 2.45) is 5.92 Å². The van der Waals surface area contributed by atoms with Crippen LogP contribution in [0.15, 0.2) is 77.7 Å². The summed E-state index contributed by atoms with van der Waals surface area (Å²) in [6.45, 7) is 4.78. The molecule has 0 aliphatic carbocycles. The lowest BCUT2D eigenvalue weighted by atomic mass is 10.0. The fraction of sp³-hybridized carbons (Fsp3) is 0.269. The van der Waals surface area contributed by atoms with Gasteiger partial charge in [0, 0.05) is 12.6 Å². The van der Waals surface area contributed by atoms with Crippen molar-refractivity contribution in [1.29, 1.82) is 0 Å². The number of benzene rings is 3. The van der Waals surface area contributed by atoms with E-state index in [0.717, 1.165) is 22.4 Å². The monoisotopic (exact) mass is 479 g/mol. The number of amides is 1. The van der Waals surface area contributed by atoms with Crippen LogP contribution in [-0.2, 0) is 16.4 Å². The fourth-order valence-electron chi connectivity index (χ4n) is 4.07. The van der Waals surface area contributed by atoms with Gasteiger partial charge in [-0.3, -0.25) is 4.79 Å². The van der Waals surface area contributed by atoms with Crippen LogP contribution in [0.5, 0.6) is 0 Å². The standard InChI is InChI=1S/C26H29N3O4S/c1-18(2)24(28-31)16-34(32,33)22-12-10-20(11-13-22)21-7-5-6-19(14-21)15-29-17-27-26(30)23-8-3-4-9-25(23)29/h3-14,18,24,28,31H,15-17H2,1-2H3,(H,27,30). The minimum absolute atomic E-state index is 0.0259. The molecule has 0 radical (unpaired) electrons. The van der Waals surface area contributed by atoms with Crippen molar-refractivity contribution in [3.8, 4) is 11.1 Å². The lowest BCUT2D eigenvalue weighted by Crippen LogP contribution is -2.42. The van der Waals surface area contributed by atoms with E-state index in [9.17, 15) is 18.4 Å². The summed E-state index contributed by atoms with van der Waals surface area (Å²) >= 11 is 0. The van der Waals surface area contributed by atoms with Crippen molar-refractivity contribution >= 4 is 21.4 Å². The molecule has 1 aliphatic heterocycles. The van der Waals surface area contributed by atoms with E-state index < -0.39 is 15.9 Å². The Morgan fingerprint density at radius 3 is 2.44 bits per heavy atom. The molecule has 4 rings (SSSR count). The number of carbonyl (C=O) groups excluding carboxylic acids is 1. The number of hydrogen-bond donors (Lipinski definition) is 3. The molecular formula is C26H29N3O4S. The van der Waals surface area contributed by atoms with Gasteiger partial charge in [-0.05, 0) is 52.9 Å². The molecule has 1 atom stereocenters. The predicted octanol–water partition coefficient (Wildman–Crippen LogP) is 3.84. The van der Waals surface area contributed by atoms with Crippen LogP contribution < -0.4 is 15.7 Å². The zero-order chi connectivity index (χ0) is 24.3. The Morgan fingerprint density at radius 2 is 1.74 bits per heavy atom. The number of anilines is 1.